The Morgan fingerprint density at radius 2 is 1.61 bits per heavy atom. The molecule has 1 atom stereocenters. The molecule has 0 bridgehead atoms. The third kappa shape index (κ3) is 4.15. The van der Waals surface area contributed by atoms with E-state index in [4.69, 9.17) is 0 Å². The van der Waals surface area contributed by atoms with E-state index in [1.165, 1.54) is 4.90 Å². The smallest absolute Gasteiger partial charge is 0.369 e. The molecule has 1 amide bonds. The van der Waals surface area contributed by atoms with Crippen LogP contribution < -0.4 is 4.90 Å². The predicted molar refractivity (Wildman–Crippen MR) is 105 cm³/mol. The van der Waals surface area contributed by atoms with Gasteiger partial charge in [0.1, 0.15) is 0 Å². The number of rotatable bonds is 3. The van der Waals surface area contributed by atoms with Gasteiger partial charge in [0, 0.05) is 22.9 Å². The highest BCUT2D eigenvalue weighted by molar-refractivity contribution is 7.99. The molecule has 1 aliphatic rings. The van der Waals surface area contributed by atoms with Gasteiger partial charge in [-0.2, -0.15) is 26.3 Å². The van der Waals surface area contributed by atoms with Gasteiger partial charge in [0.15, 0.2) is 0 Å². The van der Waals surface area contributed by atoms with E-state index in [1.54, 1.807) is 44.2 Å². The van der Waals surface area contributed by atoms with Gasteiger partial charge in [-0.05, 0) is 17.7 Å². The van der Waals surface area contributed by atoms with Crippen LogP contribution in [0.5, 0.6) is 0 Å². The number of nitrogens with zero attached hydrogens (tertiary/aromatic N) is 1. The van der Waals surface area contributed by atoms with E-state index >= 15 is 0 Å². The van der Waals surface area contributed by atoms with E-state index in [0.29, 0.717) is 12.1 Å². The zero-order valence-corrected chi connectivity index (χ0v) is 17.3. The summed E-state index contributed by atoms with van der Waals surface area (Å²) < 4.78 is 80.0. The molecule has 0 fully saturated rings. The van der Waals surface area contributed by atoms with Crippen LogP contribution in [-0.2, 0) is 10.4 Å². The monoisotopic (exact) mass is 463 g/mol. The molecule has 1 unspecified atom stereocenters. The van der Waals surface area contributed by atoms with Gasteiger partial charge >= 0.3 is 12.4 Å². The number of thioether (sulfide) groups is 1. The number of benzene rings is 2. The number of hydrogen-bond donors (Lipinski definition) is 1. The molecule has 0 radical (unpaired) electrons. The Morgan fingerprint density at radius 1 is 1.03 bits per heavy atom. The molecule has 0 saturated heterocycles. The van der Waals surface area contributed by atoms with Crippen molar-refractivity contribution in [1.82, 2.24) is 0 Å². The average Bonchev–Trinajstić information content (AvgIpc) is 2.70. The van der Waals surface area contributed by atoms with Gasteiger partial charge in [-0.3, -0.25) is 4.79 Å². The minimum atomic E-state index is -5.98. The lowest BCUT2D eigenvalue weighted by Gasteiger charge is -2.37. The molecule has 1 N–H and O–H groups in total. The number of hydrogen-bond acceptors (Lipinski definition) is 3. The Kier molecular flexibility index (Phi) is 6.09. The normalized spacial score (nSPS) is 17.6. The molecule has 2 aromatic carbocycles. The summed E-state index contributed by atoms with van der Waals surface area (Å²) in [7, 11) is 0. The number of anilines is 1. The fraction of sp³-hybridized carbons (Fsp3) is 0.381. The van der Waals surface area contributed by atoms with Crippen LogP contribution in [0.2, 0.25) is 0 Å². The number of carbonyl (C=O) groups excluding carboxylic acids is 1. The molecule has 3 rings (SSSR count). The van der Waals surface area contributed by atoms with Gasteiger partial charge < -0.3 is 10.0 Å². The van der Waals surface area contributed by atoms with E-state index in [2.05, 4.69) is 0 Å². The quantitative estimate of drug-likeness (QED) is 0.582. The predicted octanol–water partition coefficient (Wildman–Crippen LogP) is 5.83. The van der Waals surface area contributed by atoms with Gasteiger partial charge in [0.05, 0.1) is 10.9 Å². The zero-order chi connectivity index (χ0) is 23.2. The second kappa shape index (κ2) is 8.05. The van der Waals surface area contributed by atoms with Crippen LogP contribution in [0.25, 0.3) is 0 Å². The average molecular weight is 463 g/mol. The van der Waals surface area contributed by atoms with Crippen LogP contribution in [0.1, 0.15) is 30.2 Å². The number of amides is 1. The van der Waals surface area contributed by atoms with E-state index in [0.717, 1.165) is 23.4 Å². The number of aliphatic hydroxyl groups is 1. The number of alkyl halides is 6. The van der Waals surface area contributed by atoms with E-state index < -0.39 is 34.7 Å². The Bertz CT molecular complexity index is 945. The fourth-order valence-corrected chi connectivity index (χ4v) is 4.68. The van der Waals surface area contributed by atoms with Crippen molar-refractivity contribution in [2.75, 3.05) is 11.4 Å². The van der Waals surface area contributed by atoms with E-state index in [-0.39, 0.29) is 23.0 Å². The van der Waals surface area contributed by atoms with Crippen molar-refractivity contribution in [1.29, 1.82) is 0 Å². The summed E-state index contributed by atoms with van der Waals surface area (Å²) in [5.74, 6) is -0.744. The first-order chi connectivity index (χ1) is 14.3. The first kappa shape index (κ1) is 23.5. The molecular weight excluding hydrogens is 444 g/mol. The van der Waals surface area contributed by atoms with Gasteiger partial charge in [0.2, 0.25) is 5.91 Å². The minimum Gasteiger partial charge on any atom is -0.369 e. The molecule has 168 valence electrons. The maximum Gasteiger partial charge on any atom is 0.430 e. The molecular formula is C21H19F6NO2S. The van der Waals surface area contributed by atoms with Crippen LogP contribution in [0.15, 0.2) is 53.4 Å². The van der Waals surface area contributed by atoms with Crippen molar-refractivity contribution in [2.24, 2.45) is 5.92 Å². The molecule has 0 aliphatic carbocycles. The van der Waals surface area contributed by atoms with Crippen molar-refractivity contribution >= 4 is 23.4 Å². The molecule has 0 saturated carbocycles. The van der Waals surface area contributed by atoms with Crippen LogP contribution in [0, 0.1) is 5.92 Å². The summed E-state index contributed by atoms with van der Waals surface area (Å²) in [4.78, 5) is 14.2. The van der Waals surface area contributed by atoms with Gasteiger partial charge in [-0.25, -0.2) is 0 Å². The highest BCUT2D eigenvalue weighted by Gasteiger charge is 2.71. The Labute approximate surface area is 179 Å². The van der Waals surface area contributed by atoms with Crippen molar-refractivity contribution in [3.05, 3.63) is 59.7 Å². The Balaban J connectivity index is 2.15. The Morgan fingerprint density at radius 3 is 2.13 bits per heavy atom. The lowest BCUT2D eigenvalue weighted by atomic mass is 9.92. The van der Waals surface area contributed by atoms with E-state index in [9.17, 15) is 36.2 Å². The van der Waals surface area contributed by atoms with Crippen molar-refractivity contribution in [2.45, 2.75) is 41.9 Å². The van der Waals surface area contributed by atoms with Crippen LogP contribution in [0.4, 0.5) is 32.0 Å². The van der Waals surface area contributed by atoms with Crippen molar-refractivity contribution < 1.29 is 36.2 Å². The van der Waals surface area contributed by atoms with E-state index in [1.807, 2.05) is 0 Å². The third-order valence-electron chi connectivity index (χ3n) is 5.04. The van der Waals surface area contributed by atoms with Crippen molar-refractivity contribution in [3.63, 3.8) is 0 Å². The number of halogens is 6. The minimum absolute atomic E-state index is 0.0542. The highest BCUT2D eigenvalue weighted by Crippen LogP contribution is 2.53. The Hall–Kier alpha value is -2.20. The highest BCUT2D eigenvalue weighted by atomic mass is 32.2. The SMILES string of the molecule is CC(C)C(=O)N1CC(c2ccccc2)Sc2cc(C(O)(C(F)(F)F)C(F)(F)F)ccc21. The van der Waals surface area contributed by atoms with Gasteiger partial charge in [-0.1, -0.05) is 50.2 Å². The summed E-state index contributed by atoms with van der Waals surface area (Å²) >= 11 is 1.05. The van der Waals surface area contributed by atoms with Crippen molar-refractivity contribution in [3.8, 4) is 0 Å². The molecule has 2 aromatic rings. The van der Waals surface area contributed by atoms with Crippen LogP contribution >= 0.6 is 11.8 Å². The molecule has 3 nitrogen and oxygen atoms in total. The molecule has 0 aromatic heterocycles. The molecule has 0 spiro atoms. The molecule has 1 heterocycles. The summed E-state index contributed by atoms with van der Waals surface area (Å²) in [5.41, 5.74) is -5.38. The lowest BCUT2D eigenvalue weighted by Crippen LogP contribution is -2.54. The zero-order valence-electron chi connectivity index (χ0n) is 16.5. The maximum atomic E-state index is 13.3. The number of carbonyl (C=O) groups is 1. The summed E-state index contributed by atoms with van der Waals surface area (Å²) in [5, 5.41) is 9.36. The second-order valence-electron chi connectivity index (χ2n) is 7.51. The fourth-order valence-electron chi connectivity index (χ4n) is 3.36. The third-order valence-corrected chi connectivity index (χ3v) is 6.32. The molecule has 1 aliphatic heterocycles. The molecule has 10 heteroatoms. The van der Waals surface area contributed by atoms with Gasteiger partial charge in [0.25, 0.3) is 5.60 Å². The van der Waals surface area contributed by atoms with Crippen LogP contribution in [-0.4, -0.2) is 29.9 Å². The van der Waals surface area contributed by atoms with Gasteiger partial charge in [-0.15, -0.1) is 11.8 Å². The first-order valence-electron chi connectivity index (χ1n) is 9.30. The molecule has 31 heavy (non-hydrogen) atoms. The topological polar surface area (TPSA) is 40.5 Å². The largest absolute Gasteiger partial charge is 0.430 e. The summed E-state index contributed by atoms with van der Waals surface area (Å²) in [6.45, 7) is 3.52. The summed E-state index contributed by atoms with van der Waals surface area (Å²) in [6.07, 6.45) is -12.0. The maximum absolute atomic E-state index is 13.3. The second-order valence-corrected chi connectivity index (χ2v) is 8.75. The first-order valence-corrected chi connectivity index (χ1v) is 10.2. The standard InChI is InChI=1S/C21H19F6NO2S/c1-12(2)18(29)28-11-17(13-6-4-3-5-7-13)31-16-10-14(8-9-15(16)28)19(30,20(22,23)24)21(25,26)27/h3-10,12,17,30H,11H2,1-2H3. The lowest BCUT2D eigenvalue weighted by molar-refractivity contribution is -0.376. The van der Waals surface area contributed by atoms with Crippen LogP contribution in [0.3, 0.4) is 0 Å². The summed E-state index contributed by atoms with van der Waals surface area (Å²) in [6, 6.07) is 11.1. The number of fused-ring (bicyclic) bond motifs is 1.